The van der Waals surface area contributed by atoms with Gasteiger partial charge in [-0.05, 0) is 12.1 Å². The summed E-state index contributed by atoms with van der Waals surface area (Å²) in [5, 5.41) is 2.64. The zero-order chi connectivity index (χ0) is 10.7. The summed E-state index contributed by atoms with van der Waals surface area (Å²) in [6, 6.07) is 8.81. The largest absolute Gasteiger partial charge is 0.324 e. The number of nitrogens with one attached hydrogen (secondary N) is 1. The molecule has 0 fully saturated rings. The molecule has 0 spiro atoms. The number of hydrogen-bond acceptors (Lipinski definition) is 4. The highest BCUT2D eigenvalue weighted by Gasteiger charge is 2.04. The van der Waals surface area contributed by atoms with Crippen LogP contribution in [0.3, 0.4) is 0 Å². The fourth-order valence-corrected chi connectivity index (χ4v) is 1.03. The molecule has 1 heterocycles. The highest BCUT2D eigenvalue weighted by molar-refractivity contribution is 5.51. The van der Waals surface area contributed by atoms with E-state index in [-0.39, 0.29) is 5.95 Å². The molecule has 1 aromatic carbocycles. The van der Waals surface area contributed by atoms with E-state index in [0.717, 1.165) is 0 Å². The Bertz CT molecular complexity index is 441. The van der Waals surface area contributed by atoms with E-state index in [2.05, 4.69) is 20.3 Å². The number of rotatable bonds is 2. The van der Waals surface area contributed by atoms with Crippen molar-refractivity contribution < 1.29 is 8.78 Å². The molecule has 0 atom stereocenters. The van der Waals surface area contributed by atoms with Gasteiger partial charge >= 0.3 is 12.2 Å². The zero-order valence-corrected chi connectivity index (χ0v) is 7.48. The molecule has 0 radical (unpaired) electrons. The number of benzene rings is 1. The summed E-state index contributed by atoms with van der Waals surface area (Å²) in [7, 11) is 0. The Morgan fingerprint density at radius 3 is 2.07 bits per heavy atom. The van der Waals surface area contributed by atoms with Gasteiger partial charge in [0.2, 0.25) is 5.95 Å². The van der Waals surface area contributed by atoms with Crippen molar-refractivity contribution in [1.82, 2.24) is 15.0 Å². The quantitative estimate of drug-likeness (QED) is 0.818. The average Bonchev–Trinajstić information content (AvgIpc) is 2.17. The van der Waals surface area contributed by atoms with Crippen molar-refractivity contribution in [3.8, 4) is 0 Å². The van der Waals surface area contributed by atoms with Crippen molar-refractivity contribution >= 4 is 11.6 Å². The monoisotopic (exact) mass is 208 g/mol. The lowest BCUT2D eigenvalue weighted by atomic mass is 10.3. The molecule has 0 saturated carbocycles. The van der Waals surface area contributed by atoms with Crippen molar-refractivity contribution in [1.29, 1.82) is 0 Å². The van der Waals surface area contributed by atoms with Crippen LogP contribution >= 0.6 is 0 Å². The maximum absolute atomic E-state index is 12.6. The van der Waals surface area contributed by atoms with Gasteiger partial charge in [0.1, 0.15) is 0 Å². The third-order valence-electron chi connectivity index (χ3n) is 1.61. The van der Waals surface area contributed by atoms with Gasteiger partial charge in [-0.15, -0.1) is 0 Å². The van der Waals surface area contributed by atoms with E-state index in [1.54, 1.807) is 24.3 Å². The molecule has 6 heteroatoms. The first-order valence-electron chi connectivity index (χ1n) is 4.13. The molecule has 0 bridgehead atoms. The van der Waals surface area contributed by atoms with E-state index >= 15 is 0 Å². The Kier molecular flexibility index (Phi) is 2.49. The second kappa shape index (κ2) is 3.95. The van der Waals surface area contributed by atoms with E-state index in [1.807, 2.05) is 6.07 Å². The van der Waals surface area contributed by atoms with Crippen molar-refractivity contribution in [2.45, 2.75) is 0 Å². The summed E-state index contributed by atoms with van der Waals surface area (Å²) < 4.78 is 25.2. The second-order valence-corrected chi connectivity index (χ2v) is 2.69. The van der Waals surface area contributed by atoms with Crippen LogP contribution < -0.4 is 5.32 Å². The molecule has 4 nitrogen and oxygen atoms in total. The molecule has 0 aliphatic heterocycles. The predicted molar refractivity (Wildman–Crippen MR) is 49.5 cm³/mol. The molecule has 15 heavy (non-hydrogen) atoms. The SMILES string of the molecule is Fc1nc(F)nc(Nc2ccccc2)n1. The number of halogens is 2. The Labute approximate surface area is 84.0 Å². The van der Waals surface area contributed by atoms with Crippen LogP contribution in [0.2, 0.25) is 0 Å². The van der Waals surface area contributed by atoms with Crippen molar-refractivity contribution in [2.75, 3.05) is 5.32 Å². The van der Waals surface area contributed by atoms with Crippen LogP contribution in [-0.2, 0) is 0 Å². The van der Waals surface area contributed by atoms with Crippen LogP contribution in [0.25, 0.3) is 0 Å². The van der Waals surface area contributed by atoms with Gasteiger partial charge in [0.05, 0.1) is 0 Å². The molecule has 2 rings (SSSR count). The van der Waals surface area contributed by atoms with Crippen LogP contribution in [-0.4, -0.2) is 15.0 Å². The first kappa shape index (κ1) is 9.45. The molecule has 0 unspecified atom stereocenters. The smallest absolute Gasteiger partial charge is 0.315 e. The molecule has 76 valence electrons. The summed E-state index contributed by atoms with van der Waals surface area (Å²) in [6.45, 7) is 0. The van der Waals surface area contributed by atoms with E-state index in [1.165, 1.54) is 0 Å². The lowest BCUT2D eigenvalue weighted by molar-refractivity contribution is 0.458. The Hall–Kier alpha value is -2.11. The van der Waals surface area contributed by atoms with Gasteiger partial charge in [-0.3, -0.25) is 0 Å². The Morgan fingerprint density at radius 2 is 1.47 bits per heavy atom. The molecule has 2 aromatic rings. The topological polar surface area (TPSA) is 50.7 Å². The van der Waals surface area contributed by atoms with Crippen LogP contribution in [0.15, 0.2) is 30.3 Å². The second-order valence-electron chi connectivity index (χ2n) is 2.69. The van der Waals surface area contributed by atoms with Crippen molar-refractivity contribution in [2.24, 2.45) is 0 Å². The van der Waals surface area contributed by atoms with Crippen molar-refractivity contribution in [3.05, 3.63) is 42.5 Å². The number of aromatic nitrogens is 3. The lowest BCUT2D eigenvalue weighted by Crippen LogP contribution is -2.03. The van der Waals surface area contributed by atoms with Gasteiger partial charge in [-0.1, -0.05) is 18.2 Å². The number of nitrogens with zero attached hydrogens (tertiary/aromatic N) is 3. The van der Waals surface area contributed by atoms with Crippen LogP contribution in [0.4, 0.5) is 20.4 Å². The number of anilines is 2. The maximum Gasteiger partial charge on any atom is 0.315 e. The van der Waals surface area contributed by atoms with Gasteiger partial charge < -0.3 is 5.32 Å². The summed E-state index contributed by atoms with van der Waals surface area (Å²) in [4.78, 5) is 9.36. The fraction of sp³-hybridized carbons (Fsp3) is 0. The van der Waals surface area contributed by atoms with Gasteiger partial charge in [-0.25, -0.2) is 0 Å². The first-order chi connectivity index (χ1) is 7.24. The third-order valence-corrected chi connectivity index (χ3v) is 1.61. The summed E-state index contributed by atoms with van der Waals surface area (Å²) in [5.74, 6) is -0.161. The molecule has 0 aliphatic carbocycles. The van der Waals surface area contributed by atoms with E-state index < -0.39 is 12.2 Å². The average molecular weight is 208 g/mol. The minimum Gasteiger partial charge on any atom is -0.324 e. The first-order valence-corrected chi connectivity index (χ1v) is 4.13. The normalized spacial score (nSPS) is 10.0. The molecule has 0 amide bonds. The molecule has 1 aromatic heterocycles. The van der Waals surface area contributed by atoms with Gasteiger partial charge in [-0.2, -0.15) is 23.7 Å². The number of hydrogen-bond donors (Lipinski definition) is 1. The third kappa shape index (κ3) is 2.43. The van der Waals surface area contributed by atoms with Gasteiger partial charge in [0, 0.05) is 5.69 Å². The summed E-state index contributed by atoms with van der Waals surface area (Å²) in [5.41, 5.74) is 0.641. The standard InChI is InChI=1S/C9H6F2N4/c10-7-13-8(11)15-9(14-7)12-6-4-2-1-3-5-6/h1-5H,(H,12,13,14,15). The van der Waals surface area contributed by atoms with Gasteiger partial charge in [0.25, 0.3) is 0 Å². The van der Waals surface area contributed by atoms with E-state index in [4.69, 9.17) is 0 Å². The predicted octanol–water partition coefficient (Wildman–Crippen LogP) is 1.89. The zero-order valence-electron chi connectivity index (χ0n) is 7.48. The van der Waals surface area contributed by atoms with Crippen molar-refractivity contribution in [3.63, 3.8) is 0 Å². The van der Waals surface area contributed by atoms with Crippen LogP contribution in [0.1, 0.15) is 0 Å². The minimum absolute atomic E-state index is 0.161. The molecular formula is C9H6F2N4. The van der Waals surface area contributed by atoms with Gasteiger partial charge in [0.15, 0.2) is 0 Å². The molecular weight excluding hydrogens is 202 g/mol. The van der Waals surface area contributed by atoms with Crippen LogP contribution in [0, 0.1) is 12.2 Å². The van der Waals surface area contributed by atoms with Crippen LogP contribution in [0.5, 0.6) is 0 Å². The molecule has 1 N–H and O–H groups in total. The minimum atomic E-state index is -1.15. The summed E-state index contributed by atoms with van der Waals surface area (Å²) >= 11 is 0. The Morgan fingerprint density at radius 1 is 0.867 bits per heavy atom. The highest BCUT2D eigenvalue weighted by atomic mass is 19.1. The van der Waals surface area contributed by atoms with E-state index in [0.29, 0.717) is 5.69 Å². The molecule has 0 saturated heterocycles. The fourth-order valence-electron chi connectivity index (χ4n) is 1.03. The van der Waals surface area contributed by atoms with E-state index in [9.17, 15) is 8.78 Å². The maximum atomic E-state index is 12.6. The lowest BCUT2D eigenvalue weighted by Gasteiger charge is -2.02. The number of para-hydroxylation sites is 1. The summed E-state index contributed by atoms with van der Waals surface area (Å²) in [6.07, 6.45) is -2.30. The molecule has 0 aliphatic rings. The Balaban J connectivity index is 2.25. The highest BCUT2D eigenvalue weighted by Crippen LogP contribution is 2.11.